The van der Waals surface area contributed by atoms with E-state index in [2.05, 4.69) is 65.3 Å². The van der Waals surface area contributed by atoms with Crippen molar-refractivity contribution in [2.24, 2.45) is 0 Å². The number of nitrogens with zero attached hydrogens (tertiary/aromatic N) is 2. The molecule has 2 nitrogen and oxygen atoms in total. The predicted octanol–water partition coefficient (Wildman–Crippen LogP) is 3.90. The lowest BCUT2D eigenvalue weighted by atomic mass is 9.91. The van der Waals surface area contributed by atoms with Gasteiger partial charge in [-0.25, -0.2) is 0 Å². The van der Waals surface area contributed by atoms with E-state index in [1.807, 2.05) is 0 Å². The molecule has 2 aromatic rings. The van der Waals surface area contributed by atoms with Gasteiger partial charge in [0.05, 0.1) is 0 Å². The Balaban J connectivity index is 1.91. The maximum absolute atomic E-state index is 2.62. The Morgan fingerprint density at radius 1 is 0.950 bits per heavy atom. The van der Waals surface area contributed by atoms with Crippen LogP contribution in [-0.2, 0) is 0 Å². The zero-order valence-corrected chi connectivity index (χ0v) is 11.9. The zero-order valence-electron chi connectivity index (χ0n) is 11.9. The number of hydrogen-bond acceptors (Lipinski definition) is 2. The average Bonchev–Trinajstić information content (AvgIpc) is 2.92. The summed E-state index contributed by atoms with van der Waals surface area (Å²) in [5.74, 6) is 0. The molecule has 1 atom stereocenters. The van der Waals surface area contributed by atoms with E-state index in [1.54, 1.807) is 0 Å². The fourth-order valence-electron chi connectivity index (χ4n) is 3.74. The number of rotatable bonds is 2. The van der Waals surface area contributed by atoms with Crippen molar-refractivity contribution < 1.29 is 0 Å². The van der Waals surface area contributed by atoms with Crippen molar-refractivity contribution in [3.8, 4) is 11.1 Å². The monoisotopic (exact) mass is 264 g/mol. The summed E-state index contributed by atoms with van der Waals surface area (Å²) in [6.07, 6.45) is 1.65. The highest BCUT2D eigenvalue weighted by Crippen LogP contribution is 2.47. The molecule has 0 radical (unpaired) electrons. The van der Waals surface area contributed by atoms with Crippen molar-refractivity contribution in [3.05, 3.63) is 54.1 Å². The lowest BCUT2D eigenvalue weighted by Crippen LogP contribution is -2.34. The van der Waals surface area contributed by atoms with Gasteiger partial charge in [-0.15, -0.1) is 0 Å². The van der Waals surface area contributed by atoms with Gasteiger partial charge in [0.25, 0.3) is 0 Å². The Morgan fingerprint density at radius 2 is 1.70 bits per heavy atom. The number of para-hydroxylation sites is 1. The fourth-order valence-corrected chi connectivity index (χ4v) is 3.74. The van der Waals surface area contributed by atoms with Crippen LogP contribution in [0.3, 0.4) is 0 Å². The molecule has 0 saturated carbocycles. The Kier molecular flexibility index (Phi) is 2.78. The fraction of sp³-hybridized carbons (Fsp3) is 0.333. The molecule has 0 spiro atoms. The summed E-state index contributed by atoms with van der Waals surface area (Å²) in [6, 6.07) is 17.7. The molecule has 1 fully saturated rings. The van der Waals surface area contributed by atoms with Gasteiger partial charge < -0.3 is 4.90 Å². The van der Waals surface area contributed by atoms with E-state index in [9.17, 15) is 0 Å². The van der Waals surface area contributed by atoms with Crippen molar-refractivity contribution >= 4 is 5.69 Å². The Bertz CT molecular complexity index is 635. The molecular weight excluding hydrogens is 244 g/mol. The van der Waals surface area contributed by atoms with Crippen LogP contribution in [0.2, 0.25) is 0 Å². The van der Waals surface area contributed by atoms with E-state index < -0.39 is 0 Å². The van der Waals surface area contributed by atoms with Gasteiger partial charge in [-0.1, -0.05) is 49.4 Å². The topological polar surface area (TPSA) is 6.48 Å². The molecule has 0 aromatic heterocycles. The molecule has 2 aliphatic rings. The van der Waals surface area contributed by atoms with Gasteiger partial charge in [0.2, 0.25) is 0 Å². The quantitative estimate of drug-likeness (QED) is 0.811. The van der Waals surface area contributed by atoms with Crippen molar-refractivity contribution in [2.45, 2.75) is 19.5 Å². The van der Waals surface area contributed by atoms with Crippen molar-refractivity contribution in [3.63, 3.8) is 0 Å². The third-order valence-corrected chi connectivity index (χ3v) is 4.52. The van der Waals surface area contributed by atoms with Crippen molar-refractivity contribution in [1.29, 1.82) is 0 Å². The minimum Gasteiger partial charge on any atom is -0.350 e. The SMILES string of the molecule is CCCN1CCN2c3ccccc3-c3ccccc3C12. The first kappa shape index (κ1) is 12.0. The normalized spacial score (nSPS) is 20.4. The van der Waals surface area contributed by atoms with Crippen LogP contribution in [0.5, 0.6) is 0 Å². The highest BCUT2D eigenvalue weighted by molar-refractivity contribution is 5.84. The van der Waals surface area contributed by atoms with Gasteiger partial charge in [0.1, 0.15) is 6.17 Å². The van der Waals surface area contributed by atoms with Crippen LogP contribution in [0.4, 0.5) is 5.69 Å². The summed E-state index contributed by atoms with van der Waals surface area (Å²) >= 11 is 0. The first-order chi connectivity index (χ1) is 9.90. The van der Waals surface area contributed by atoms with E-state index in [0.29, 0.717) is 6.17 Å². The van der Waals surface area contributed by atoms with Crippen LogP contribution in [0.15, 0.2) is 48.5 Å². The smallest absolute Gasteiger partial charge is 0.109 e. The Morgan fingerprint density at radius 3 is 2.55 bits per heavy atom. The summed E-state index contributed by atoms with van der Waals surface area (Å²) in [4.78, 5) is 5.20. The second-order valence-corrected chi connectivity index (χ2v) is 5.71. The molecule has 20 heavy (non-hydrogen) atoms. The Labute approximate surface area is 120 Å². The van der Waals surface area contributed by atoms with Crippen LogP contribution >= 0.6 is 0 Å². The standard InChI is InChI=1S/C18H20N2/c1-2-11-19-12-13-20-17-10-6-5-8-15(17)14-7-3-4-9-16(14)18(19)20/h3-10,18H,2,11-13H2,1H3. The molecule has 2 heterocycles. The third kappa shape index (κ3) is 1.61. The Hall–Kier alpha value is -1.80. The largest absolute Gasteiger partial charge is 0.350 e. The van der Waals surface area contributed by atoms with Crippen molar-refractivity contribution in [2.75, 3.05) is 24.5 Å². The molecule has 0 aliphatic carbocycles. The molecule has 102 valence electrons. The van der Waals surface area contributed by atoms with E-state index in [0.717, 1.165) is 6.54 Å². The number of fused-ring (bicyclic) bond motifs is 6. The molecule has 2 aromatic carbocycles. The summed E-state index contributed by atoms with van der Waals surface area (Å²) in [5.41, 5.74) is 5.66. The summed E-state index contributed by atoms with van der Waals surface area (Å²) < 4.78 is 0. The van der Waals surface area contributed by atoms with Gasteiger partial charge in [0, 0.05) is 30.9 Å². The van der Waals surface area contributed by atoms with Gasteiger partial charge in [0.15, 0.2) is 0 Å². The summed E-state index contributed by atoms with van der Waals surface area (Å²) in [6.45, 7) is 5.75. The molecule has 0 bridgehead atoms. The highest BCUT2D eigenvalue weighted by atomic mass is 15.4. The third-order valence-electron chi connectivity index (χ3n) is 4.52. The molecule has 0 N–H and O–H groups in total. The van der Waals surface area contributed by atoms with Crippen LogP contribution < -0.4 is 4.90 Å². The van der Waals surface area contributed by atoms with Gasteiger partial charge in [-0.2, -0.15) is 0 Å². The molecule has 4 rings (SSSR count). The number of hydrogen-bond donors (Lipinski definition) is 0. The van der Waals surface area contributed by atoms with Gasteiger partial charge in [-0.3, -0.25) is 4.90 Å². The summed E-state index contributed by atoms with van der Waals surface area (Å²) in [7, 11) is 0. The van der Waals surface area contributed by atoms with Crippen molar-refractivity contribution in [1.82, 2.24) is 4.90 Å². The molecule has 1 unspecified atom stereocenters. The number of anilines is 1. The van der Waals surface area contributed by atoms with Crippen LogP contribution in [0.1, 0.15) is 25.1 Å². The lowest BCUT2D eigenvalue weighted by molar-refractivity contribution is 0.258. The van der Waals surface area contributed by atoms with E-state index in [4.69, 9.17) is 0 Å². The highest BCUT2D eigenvalue weighted by Gasteiger charge is 2.38. The molecule has 2 heteroatoms. The molecule has 1 saturated heterocycles. The second-order valence-electron chi connectivity index (χ2n) is 5.71. The van der Waals surface area contributed by atoms with Crippen LogP contribution in [-0.4, -0.2) is 24.5 Å². The predicted molar refractivity (Wildman–Crippen MR) is 83.8 cm³/mol. The second kappa shape index (κ2) is 4.64. The van der Waals surface area contributed by atoms with E-state index >= 15 is 0 Å². The lowest BCUT2D eigenvalue weighted by Gasteiger charge is -2.38. The minimum atomic E-state index is 0.432. The van der Waals surface area contributed by atoms with Gasteiger partial charge in [-0.05, 0) is 23.6 Å². The van der Waals surface area contributed by atoms with Crippen LogP contribution in [0, 0.1) is 0 Å². The molecule has 2 aliphatic heterocycles. The molecular formula is C18H20N2. The molecule has 0 amide bonds. The van der Waals surface area contributed by atoms with E-state index in [1.165, 1.54) is 41.9 Å². The van der Waals surface area contributed by atoms with Gasteiger partial charge >= 0.3 is 0 Å². The first-order valence-corrected chi connectivity index (χ1v) is 7.59. The average molecular weight is 264 g/mol. The number of benzene rings is 2. The maximum Gasteiger partial charge on any atom is 0.109 e. The zero-order chi connectivity index (χ0) is 13.5. The van der Waals surface area contributed by atoms with Crippen LogP contribution in [0.25, 0.3) is 11.1 Å². The summed E-state index contributed by atoms with van der Waals surface area (Å²) in [5, 5.41) is 0. The van der Waals surface area contributed by atoms with E-state index in [-0.39, 0.29) is 0 Å². The maximum atomic E-state index is 2.62. The first-order valence-electron chi connectivity index (χ1n) is 7.59. The minimum absolute atomic E-state index is 0.432.